The summed E-state index contributed by atoms with van der Waals surface area (Å²) in [6.07, 6.45) is 5.88. The number of aliphatic hydroxyl groups excluding tert-OH is 1. The molecule has 0 unspecified atom stereocenters. The van der Waals surface area contributed by atoms with Crippen molar-refractivity contribution >= 4 is 28.9 Å². The number of aromatic nitrogens is 2. The number of aliphatic hydroxyl groups is 1. The molecule has 4 heterocycles. The maximum Gasteiger partial charge on any atom is 0.255 e. The largest absolute Gasteiger partial charge is 0.493 e. The molecule has 0 aliphatic carbocycles. The van der Waals surface area contributed by atoms with Crippen LogP contribution < -0.4 is 20.1 Å². The minimum atomic E-state index is -0.207. The monoisotopic (exact) mass is 512 g/mol. The number of para-hydroxylation sites is 1. The second-order valence-electron chi connectivity index (χ2n) is 8.85. The zero-order chi connectivity index (χ0) is 25.1. The molecular weight excluding hydrogens is 484 g/mol. The Morgan fingerprint density at radius 3 is 3.00 bits per heavy atom. The molecule has 5 rings (SSSR count). The van der Waals surface area contributed by atoms with Gasteiger partial charge in [0.2, 0.25) is 0 Å². The first-order chi connectivity index (χ1) is 17.6. The minimum Gasteiger partial charge on any atom is -0.493 e. The zero-order valence-electron chi connectivity index (χ0n) is 20.0. The zero-order valence-corrected chi connectivity index (χ0v) is 20.7. The first-order valence-electron chi connectivity index (χ1n) is 12.0. The molecule has 190 valence electrons. The van der Waals surface area contributed by atoms with Gasteiger partial charge in [0.25, 0.3) is 5.91 Å². The fourth-order valence-electron chi connectivity index (χ4n) is 4.81. The number of anilines is 2. The van der Waals surface area contributed by atoms with Gasteiger partial charge in [-0.2, -0.15) is 0 Å². The van der Waals surface area contributed by atoms with Crippen LogP contribution in [0.5, 0.6) is 11.5 Å². The number of carbonyl (C=O) groups excluding carboxylic acids is 1. The van der Waals surface area contributed by atoms with E-state index in [4.69, 9.17) is 25.8 Å². The van der Waals surface area contributed by atoms with Crippen molar-refractivity contribution in [2.24, 2.45) is 0 Å². The van der Waals surface area contributed by atoms with Crippen LogP contribution in [0.25, 0.3) is 11.3 Å². The maximum absolute atomic E-state index is 13.1. The SMILES string of the molecule is COc1c(Cl)cccc1Nc1c(-c2ccncc2OC[C@@H]2CCCO2)[nH]c2c1C(=O)NC[C@H]2CCO. The Bertz CT molecular complexity index is 1240. The van der Waals surface area contributed by atoms with Crippen molar-refractivity contribution in [2.45, 2.75) is 31.3 Å². The van der Waals surface area contributed by atoms with Crippen LogP contribution in [0.15, 0.2) is 36.7 Å². The van der Waals surface area contributed by atoms with Gasteiger partial charge >= 0.3 is 0 Å². The maximum atomic E-state index is 13.1. The molecule has 4 N–H and O–H groups in total. The predicted molar refractivity (Wildman–Crippen MR) is 137 cm³/mol. The minimum absolute atomic E-state index is 0.00418. The summed E-state index contributed by atoms with van der Waals surface area (Å²) in [5, 5.41) is 16.4. The van der Waals surface area contributed by atoms with Gasteiger partial charge in [-0.05, 0) is 37.5 Å². The molecule has 10 heteroatoms. The van der Waals surface area contributed by atoms with E-state index in [1.54, 1.807) is 25.6 Å². The van der Waals surface area contributed by atoms with Gasteiger partial charge in [0.1, 0.15) is 12.4 Å². The number of aromatic amines is 1. The third-order valence-electron chi connectivity index (χ3n) is 6.58. The molecule has 2 aliphatic heterocycles. The van der Waals surface area contributed by atoms with Crippen LogP contribution in [0.4, 0.5) is 11.4 Å². The van der Waals surface area contributed by atoms with Crippen LogP contribution in [0.1, 0.15) is 41.2 Å². The summed E-state index contributed by atoms with van der Waals surface area (Å²) in [6, 6.07) is 7.23. The number of carbonyl (C=O) groups is 1. The van der Waals surface area contributed by atoms with Crippen molar-refractivity contribution < 1.29 is 24.1 Å². The van der Waals surface area contributed by atoms with E-state index < -0.39 is 0 Å². The van der Waals surface area contributed by atoms with Crippen LogP contribution in [0, 0.1) is 0 Å². The molecule has 1 saturated heterocycles. The molecule has 1 amide bonds. The number of nitrogens with one attached hydrogen (secondary N) is 3. The highest BCUT2D eigenvalue weighted by Gasteiger charge is 2.33. The number of rotatable bonds is 9. The van der Waals surface area contributed by atoms with Crippen LogP contribution in [-0.4, -0.2) is 60.6 Å². The first-order valence-corrected chi connectivity index (χ1v) is 12.4. The Balaban J connectivity index is 1.62. The highest BCUT2D eigenvalue weighted by molar-refractivity contribution is 6.32. The fourth-order valence-corrected chi connectivity index (χ4v) is 5.06. The average Bonchev–Trinajstić information content (AvgIpc) is 3.54. The second kappa shape index (κ2) is 10.8. The van der Waals surface area contributed by atoms with E-state index >= 15 is 0 Å². The summed E-state index contributed by atoms with van der Waals surface area (Å²) < 4.78 is 17.4. The van der Waals surface area contributed by atoms with E-state index in [-0.39, 0.29) is 24.5 Å². The number of ether oxygens (including phenoxy) is 3. The molecule has 9 nitrogen and oxygen atoms in total. The number of methoxy groups -OCH3 is 1. The molecule has 2 aromatic heterocycles. The highest BCUT2D eigenvalue weighted by Crippen LogP contribution is 2.44. The van der Waals surface area contributed by atoms with Gasteiger partial charge in [0, 0.05) is 43.1 Å². The first kappa shape index (κ1) is 24.4. The second-order valence-corrected chi connectivity index (χ2v) is 9.25. The number of nitrogens with zero attached hydrogens (tertiary/aromatic N) is 1. The number of H-pyrrole nitrogens is 1. The van der Waals surface area contributed by atoms with Crippen LogP contribution in [0.2, 0.25) is 5.02 Å². The van der Waals surface area contributed by atoms with Crippen molar-refractivity contribution in [1.29, 1.82) is 0 Å². The Kier molecular flexibility index (Phi) is 7.31. The Hall–Kier alpha value is -3.27. The van der Waals surface area contributed by atoms with E-state index in [2.05, 4.69) is 20.6 Å². The third kappa shape index (κ3) is 4.74. The van der Waals surface area contributed by atoms with Crippen LogP contribution >= 0.6 is 11.6 Å². The van der Waals surface area contributed by atoms with Crippen molar-refractivity contribution in [3.8, 4) is 22.8 Å². The summed E-state index contributed by atoms with van der Waals surface area (Å²) in [5.74, 6) is 0.761. The van der Waals surface area contributed by atoms with E-state index in [1.807, 2.05) is 18.2 Å². The average molecular weight is 513 g/mol. The van der Waals surface area contributed by atoms with Gasteiger partial charge < -0.3 is 34.9 Å². The Morgan fingerprint density at radius 2 is 2.22 bits per heavy atom. The fraction of sp³-hybridized carbons (Fsp3) is 0.385. The third-order valence-corrected chi connectivity index (χ3v) is 6.88. The smallest absolute Gasteiger partial charge is 0.255 e. The molecule has 1 fully saturated rings. The molecule has 3 aromatic rings. The lowest BCUT2D eigenvalue weighted by molar-refractivity contribution is 0.0680. The van der Waals surface area contributed by atoms with Gasteiger partial charge in [-0.25, -0.2) is 0 Å². The molecule has 0 bridgehead atoms. The highest BCUT2D eigenvalue weighted by atomic mass is 35.5. The lowest BCUT2D eigenvalue weighted by Crippen LogP contribution is -2.35. The number of halogens is 1. The van der Waals surface area contributed by atoms with Crippen molar-refractivity contribution in [3.63, 3.8) is 0 Å². The van der Waals surface area contributed by atoms with Gasteiger partial charge in [0.15, 0.2) is 5.75 Å². The molecular formula is C26H29ClN4O5. The molecule has 0 saturated carbocycles. The topological polar surface area (TPSA) is 118 Å². The van der Waals surface area contributed by atoms with E-state index in [0.29, 0.717) is 58.7 Å². The number of fused-ring (bicyclic) bond motifs is 1. The normalized spacial score (nSPS) is 19.0. The Morgan fingerprint density at radius 1 is 1.33 bits per heavy atom. The number of hydrogen-bond acceptors (Lipinski definition) is 7. The standard InChI is InChI=1S/C26H29ClN4O5/c1-34-25-18(27)5-2-6-19(25)30-24-21-22(15(8-10-32)12-29-26(21)33)31-23(24)17-7-9-28-13-20(17)36-14-16-4-3-11-35-16/h2,5-7,9,13,15-16,30-32H,3-4,8,10-12,14H2,1H3,(H,29,33)/t15-,16+/m1/s1. The molecule has 36 heavy (non-hydrogen) atoms. The lowest BCUT2D eigenvalue weighted by atomic mass is 9.94. The molecule has 0 spiro atoms. The number of hydrogen-bond donors (Lipinski definition) is 4. The summed E-state index contributed by atoms with van der Waals surface area (Å²) >= 11 is 6.37. The summed E-state index contributed by atoms with van der Waals surface area (Å²) in [4.78, 5) is 20.9. The van der Waals surface area contributed by atoms with E-state index in [0.717, 1.165) is 30.7 Å². The molecule has 2 aliphatic rings. The van der Waals surface area contributed by atoms with Gasteiger partial charge in [-0.3, -0.25) is 9.78 Å². The van der Waals surface area contributed by atoms with Gasteiger partial charge in [-0.15, -0.1) is 0 Å². The quantitative estimate of drug-likeness (QED) is 0.338. The summed E-state index contributed by atoms with van der Waals surface area (Å²) in [6.45, 7) is 1.60. The molecule has 0 radical (unpaired) electrons. The van der Waals surface area contributed by atoms with Crippen LogP contribution in [-0.2, 0) is 4.74 Å². The summed E-state index contributed by atoms with van der Waals surface area (Å²) in [7, 11) is 1.55. The van der Waals surface area contributed by atoms with E-state index in [9.17, 15) is 9.90 Å². The van der Waals surface area contributed by atoms with Crippen molar-refractivity contribution in [3.05, 3.63) is 52.9 Å². The Labute approximate surface area is 214 Å². The number of benzene rings is 1. The van der Waals surface area contributed by atoms with Gasteiger partial charge in [0.05, 0.1) is 47.1 Å². The van der Waals surface area contributed by atoms with Crippen molar-refractivity contribution in [2.75, 3.05) is 38.8 Å². The molecule has 1 aromatic carbocycles. The number of pyridine rings is 1. The molecule has 2 atom stereocenters. The predicted octanol–water partition coefficient (Wildman–Crippen LogP) is 4.25. The van der Waals surface area contributed by atoms with Crippen molar-refractivity contribution in [1.82, 2.24) is 15.3 Å². The lowest BCUT2D eigenvalue weighted by Gasteiger charge is -2.23. The van der Waals surface area contributed by atoms with E-state index in [1.165, 1.54) is 0 Å². The van der Waals surface area contributed by atoms with Gasteiger partial charge in [-0.1, -0.05) is 17.7 Å². The van der Waals surface area contributed by atoms with Crippen LogP contribution in [0.3, 0.4) is 0 Å². The summed E-state index contributed by atoms with van der Waals surface area (Å²) in [5.41, 5.74) is 3.84. The number of amides is 1.